The summed E-state index contributed by atoms with van der Waals surface area (Å²) in [6.07, 6.45) is 0.996. The van der Waals surface area contributed by atoms with Crippen molar-refractivity contribution in [2.45, 2.75) is 19.4 Å². The van der Waals surface area contributed by atoms with Gasteiger partial charge in [-0.25, -0.2) is 0 Å². The smallest absolute Gasteiger partial charge is 0.155 e. The lowest BCUT2D eigenvalue weighted by molar-refractivity contribution is 0.259. The third kappa shape index (κ3) is 2.49. The van der Waals surface area contributed by atoms with E-state index in [0.717, 1.165) is 31.1 Å². The van der Waals surface area contributed by atoms with E-state index in [9.17, 15) is 0 Å². The summed E-state index contributed by atoms with van der Waals surface area (Å²) in [6.45, 7) is 3.91. The Kier molecular flexibility index (Phi) is 3.22. The van der Waals surface area contributed by atoms with Gasteiger partial charge in [-0.2, -0.15) is 0 Å². The molecule has 1 N–H and O–H groups in total. The van der Waals surface area contributed by atoms with Gasteiger partial charge in [-0.3, -0.25) is 4.99 Å². The zero-order valence-corrected chi connectivity index (χ0v) is 8.94. The highest BCUT2D eigenvalue weighted by molar-refractivity contribution is 5.88. The summed E-state index contributed by atoms with van der Waals surface area (Å²) in [6, 6.07) is 9.88. The molecule has 15 heavy (non-hydrogen) atoms. The van der Waals surface area contributed by atoms with Crippen LogP contribution in [0.5, 0.6) is 5.75 Å². The average molecular weight is 204 g/mol. The average Bonchev–Trinajstić information content (AvgIpc) is 2.81. The molecule has 0 spiro atoms. The fourth-order valence-corrected chi connectivity index (χ4v) is 1.63. The summed E-state index contributed by atoms with van der Waals surface area (Å²) in [5.74, 6) is 1.89. The van der Waals surface area contributed by atoms with Gasteiger partial charge in [0, 0.05) is 6.54 Å². The van der Waals surface area contributed by atoms with Crippen LogP contribution in [0.25, 0.3) is 0 Å². The number of nitrogens with one attached hydrogen (secondary N) is 1. The van der Waals surface area contributed by atoms with E-state index < -0.39 is 0 Å². The Morgan fingerprint density at radius 2 is 2.20 bits per heavy atom. The van der Waals surface area contributed by atoms with Crippen molar-refractivity contribution in [1.29, 1.82) is 0 Å². The summed E-state index contributed by atoms with van der Waals surface area (Å²) in [5.41, 5.74) is 0. The molecule has 1 atom stereocenters. The maximum Gasteiger partial charge on any atom is 0.155 e. The number of hydrogen-bond donors (Lipinski definition) is 1. The van der Waals surface area contributed by atoms with Crippen LogP contribution in [0.3, 0.4) is 0 Å². The highest BCUT2D eigenvalue weighted by Gasteiger charge is 2.18. The van der Waals surface area contributed by atoms with Crippen molar-refractivity contribution >= 4 is 5.84 Å². The second-order valence-electron chi connectivity index (χ2n) is 3.52. The van der Waals surface area contributed by atoms with Gasteiger partial charge >= 0.3 is 0 Å². The monoisotopic (exact) mass is 204 g/mol. The van der Waals surface area contributed by atoms with Gasteiger partial charge in [0.05, 0.1) is 6.54 Å². The van der Waals surface area contributed by atoms with Crippen molar-refractivity contribution in [3.63, 3.8) is 0 Å². The molecule has 0 amide bonds. The highest BCUT2D eigenvalue weighted by atomic mass is 16.5. The molecule has 1 aliphatic rings. The molecule has 1 aromatic rings. The third-order valence-electron chi connectivity index (χ3n) is 2.40. The lowest BCUT2D eigenvalue weighted by atomic mass is 10.2. The number of benzene rings is 1. The van der Waals surface area contributed by atoms with Crippen LogP contribution < -0.4 is 10.1 Å². The van der Waals surface area contributed by atoms with E-state index in [0.29, 0.717) is 0 Å². The van der Waals surface area contributed by atoms with Crippen LogP contribution in [0.1, 0.15) is 13.3 Å². The first kappa shape index (κ1) is 10.0. The van der Waals surface area contributed by atoms with Gasteiger partial charge in [-0.05, 0) is 18.6 Å². The molecular weight excluding hydrogens is 188 g/mol. The predicted molar refractivity (Wildman–Crippen MR) is 61.5 cm³/mol. The number of nitrogens with zero attached hydrogens (tertiary/aromatic N) is 1. The van der Waals surface area contributed by atoms with Crippen LogP contribution in [0.2, 0.25) is 0 Å². The van der Waals surface area contributed by atoms with E-state index >= 15 is 0 Å². The first-order valence-electron chi connectivity index (χ1n) is 5.40. The molecular formula is C12H16N2O. The molecule has 1 aliphatic heterocycles. The minimum Gasteiger partial charge on any atom is -0.483 e. The molecule has 0 fully saturated rings. The standard InChI is InChI=1S/C12H16N2O/c1-2-11(12-13-8-9-14-12)15-10-6-4-3-5-7-10/h3-7,11H,2,8-9H2,1H3,(H,13,14). The Bertz CT molecular complexity index is 335. The number of hydrogen-bond acceptors (Lipinski definition) is 3. The number of amidine groups is 1. The second-order valence-corrected chi connectivity index (χ2v) is 3.52. The molecule has 2 rings (SSSR count). The van der Waals surface area contributed by atoms with Gasteiger partial charge in [-0.15, -0.1) is 0 Å². The Balaban J connectivity index is 2.02. The van der Waals surface area contributed by atoms with Gasteiger partial charge in [-0.1, -0.05) is 25.1 Å². The largest absolute Gasteiger partial charge is 0.483 e. The maximum atomic E-state index is 5.85. The van der Waals surface area contributed by atoms with Gasteiger partial charge < -0.3 is 10.1 Å². The van der Waals surface area contributed by atoms with E-state index in [2.05, 4.69) is 17.2 Å². The van der Waals surface area contributed by atoms with Gasteiger partial charge in [0.2, 0.25) is 0 Å². The topological polar surface area (TPSA) is 33.6 Å². The maximum absolute atomic E-state index is 5.85. The molecule has 1 heterocycles. The molecule has 1 aromatic carbocycles. The number of aliphatic imine (C=N–C) groups is 1. The quantitative estimate of drug-likeness (QED) is 0.812. The minimum absolute atomic E-state index is 0.0647. The Labute approximate surface area is 90.2 Å². The molecule has 0 bridgehead atoms. The lowest BCUT2D eigenvalue weighted by Crippen LogP contribution is -2.35. The summed E-state index contributed by atoms with van der Waals surface area (Å²) in [5, 5.41) is 3.25. The number of para-hydroxylation sites is 1. The first-order valence-corrected chi connectivity index (χ1v) is 5.40. The van der Waals surface area contributed by atoms with Crippen molar-refractivity contribution in [2.75, 3.05) is 13.1 Å². The molecule has 0 saturated heterocycles. The molecule has 0 aliphatic carbocycles. The van der Waals surface area contributed by atoms with E-state index in [4.69, 9.17) is 4.74 Å². The van der Waals surface area contributed by atoms with E-state index in [1.807, 2.05) is 30.3 Å². The molecule has 1 unspecified atom stereocenters. The van der Waals surface area contributed by atoms with Crippen LogP contribution in [0.4, 0.5) is 0 Å². The van der Waals surface area contributed by atoms with Crippen molar-refractivity contribution in [3.8, 4) is 5.75 Å². The lowest BCUT2D eigenvalue weighted by Gasteiger charge is -2.17. The van der Waals surface area contributed by atoms with E-state index in [-0.39, 0.29) is 6.10 Å². The number of ether oxygens (including phenoxy) is 1. The van der Waals surface area contributed by atoms with Crippen LogP contribution in [-0.4, -0.2) is 25.0 Å². The normalized spacial score (nSPS) is 16.7. The summed E-state index contributed by atoms with van der Waals surface area (Å²) in [4.78, 5) is 4.38. The van der Waals surface area contributed by atoms with Gasteiger partial charge in [0.15, 0.2) is 6.10 Å². The fraction of sp³-hybridized carbons (Fsp3) is 0.417. The van der Waals surface area contributed by atoms with Crippen LogP contribution in [0.15, 0.2) is 35.3 Å². The fourth-order valence-electron chi connectivity index (χ4n) is 1.63. The Morgan fingerprint density at radius 1 is 1.40 bits per heavy atom. The van der Waals surface area contributed by atoms with Crippen molar-refractivity contribution < 1.29 is 4.74 Å². The van der Waals surface area contributed by atoms with Crippen molar-refractivity contribution in [3.05, 3.63) is 30.3 Å². The number of rotatable bonds is 4. The summed E-state index contributed by atoms with van der Waals surface area (Å²) in [7, 11) is 0. The van der Waals surface area contributed by atoms with Crippen molar-refractivity contribution in [1.82, 2.24) is 5.32 Å². The molecule has 3 nitrogen and oxygen atoms in total. The predicted octanol–water partition coefficient (Wildman–Crippen LogP) is 1.85. The van der Waals surface area contributed by atoms with Gasteiger partial charge in [0.1, 0.15) is 11.6 Å². The molecule has 80 valence electrons. The zero-order chi connectivity index (χ0) is 10.5. The van der Waals surface area contributed by atoms with Crippen LogP contribution in [0, 0.1) is 0 Å². The molecule has 0 saturated carbocycles. The molecule has 3 heteroatoms. The van der Waals surface area contributed by atoms with Crippen molar-refractivity contribution in [2.24, 2.45) is 4.99 Å². The summed E-state index contributed by atoms with van der Waals surface area (Å²) < 4.78 is 5.85. The Morgan fingerprint density at radius 3 is 2.80 bits per heavy atom. The van der Waals surface area contributed by atoms with Gasteiger partial charge in [0.25, 0.3) is 0 Å². The first-order chi connectivity index (χ1) is 7.40. The zero-order valence-electron chi connectivity index (χ0n) is 8.94. The van der Waals surface area contributed by atoms with Crippen LogP contribution >= 0.6 is 0 Å². The third-order valence-corrected chi connectivity index (χ3v) is 2.40. The second kappa shape index (κ2) is 4.82. The summed E-state index contributed by atoms with van der Waals surface area (Å²) >= 11 is 0. The van der Waals surface area contributed by atoms with E-state index in [1.165, 1.54) is 0 Å². The van der Waals surface area contributed by atoms with Crippen LogP contribution in [-0.2, 0) is 0 Å². The highest BCUT2D eigenvalue weighted by Crippen LogP contribution is 2.13. The molecule has 0 aromatic heterocycles. The minimum atomic E-state index is 0.0647. The van der Waals surface area contributed by atoms with E-state index in [1.54, 1.807) is 0 Å². The SMILES string of the molecule is CCC(Oc1ccccc1)C1=NCCN1. The Hall–Kier alpha value is -1.51. The molecule has 0 radical (unpaired) electrons.